The summed E-state index contributed by atoms with van der Waals surface area (Å²) < 4.78 is 6.77. The molecule has 0 amide bonds. The molecule has 1 aromatic carbocycles. The van der Waals surface area contributed by atoms with Crippen LogP contribution in [-0.4, -0.2) is 23.9 Å². The van der Waals surface area contributed by atoms with Crippen LogP contribution < -0.4 is 0 Å². The fraction of sp³-hybridized carbons (Fsp3) is 0.333. The molecule has 19 heavy (non-hydrogen) atoms. The number of carbonyl (C=O) groups excluding carboxylic acids is 2. The van der Waals surface area contributed by atoms with Crippen LogP contribution in [0.4, 0.5) is 0 Å². The van der Waals surface area contributed by atoms with Crippen LogP contribution in [0.2, 0.25) is 0 Å². The SMILES string of the molecule is COC(=O)CC(C)(C)n1ccc2cc(C=O)ccc21. The molecule has 0 saturated heterocycles. The first-order chi connectivity index (χ1) is 8.97. The first-order valence-electron chi connectivity index (χ1n) is 6.11. The lowest BCUT2D eigenvalue weighted by Gasteiger charge is -2.27. The molecular formula is C15H17NO3. The summed E-state index contributed by atoms with van der Waals surface area (Å²) in [5.41, 5.74) is 1.27. The zero-order valence-corrected chi connectivity index (χ0v) is 11.3. The quantitative estimate of drug-likeness (QED) is 0.626. The molecule has 2 rings (SSSR count). The van der Waals surface area contributed by atoms with Gasteiger partial charge in [0, 0.05) is 28.2 Å². The van der Waals surface area contributed by atoms with Gasteiger partial charge in [0.05, 0.1) is 13.5 Å². The number of aldehydes is 1. The molecule has 4 nitrogen and oxygen atoms in total. The van der Waals surface area contributed by atoms with Crippen molar-refractivity contribution in [2.75, 3.05) is 7.11 Å². The molecule has 0 saturated carbocycles. The molecule has 0 aliphatic heterocycles. The van der Waals surface area contributed by atoms with E-state index in [9.17, 15) is 9.59 Å². The Morgan fingerprint density at radius 2 is 2.11 bits per heavy atom. The van der Waals surface area contributed by atoms with Crippen molar-refractivity contribution in [2.24, 2.45) is 0 Å². The van der Waals surface area contributed by atoms with Crippen LogP contribution in [0, 0.1) is 0 Å². The number of fused-ring (bicyclic) bond motifs is 1. The smallest absolute Gasteiger partial charge is 0.307 e. The van der Waals surface area contributed by atoms with Crippen molar-refractivity contribution < 1.29 is 14.3 Å². The Morgan fingerprint density at radius 3 is 2.74 bits per heavy atom. The van der Waals surface area contributed by atoms with Gasteiger partial charge in [0.2, 0.25) is 0 Å². The van der Waals surface area contributed by atoms with Crippen molar-refractivity contribution in [3.63, 3.8) is 0 Å². The van der Waals surface area contributed by atoms with Gasteiger partial charge in [-0.15, -0.1) is 0 Å². The van der Waals surface area contributed by atoms with Crippen LogP contribution in [0.5, 0.6) is 0 Å². The van der Waals surface area contributed by atoms with Crippen LogP contribution in [0.15, 0.2) is 30.5 Å². The van der Waals surface area contributed by atoms with E-state index in [1.165, 1.54) is 7.11 Å². The van der Waals surface area contributed by atoms with Crippen LogP contribution in [-0.2, 0) is 15.1 Å². The van der Waals surface area contributed by atoms with E-state index in [4.69, 9.17) is 4.74 Å². The predicted octanol–water partition coefficient (Wildman–Crippen LogP) is 2.75. The molecule has 0 spiro atoms. The van der Waals surface area contributed by atoms with Crippen molar-refractivity contribution in [1.82, 2.24) is 4.57 Å². The predicted molar refractivity (Wildman–Crippen MR) is 73.3 cm³/mol. The van der Waals surface area contributed by atoms with E-state index < -0.39 is 0 Å². The van der Waals surface area contributed by atoms with E-state index in [1.807, 2.05) is 42.8 Å². The van der Waals surface area contributed by atoms with Crippen LogP contribution in [0.25, 0.3) is 10.9 Å². The Hall–Kier alpha value is -2.10. The minimum absolute atomic E-state index is 0.239. The number of hydrogen-bond donors (Lipinski definition) is 0. The second-order valence-corrected chi connectivity index (χ2v) is 5.19. The molecule has 0 N–H and O–H groups in total. The second-order valence-electron chi connectivity index (χ2n) is 5.19. The number of benzene rings is 1. The molecule has 0 aliphatic carbocycles. The first-order valence-corrected chi connectivity index (χ1v) is 6.11. The van der Waals surface area contributed by atoms with Gasteiger partial charge in [0.1, 0.15) is 6.29 Å². The summed E-state index contributed by atoms with van der Waals surface area (Å²) in [6, 6.07) is 7.46. The number of hydrogen-bond acceptors (Lipinski definition) is 3. The fourth-order valence-corrected chi connectivity index (χ4v) is 2.27. The number of ether oxygens (including phenoxy) is 1. The fourth-order valence-electron chi connectivity index (χ4n) is 2.27. The van der Waals surface area contributed by atoms with Crippen LogP contribution in [0.3, 0.4) is 0 Å². The highest BCUT2D eigenvalue weighted by Gasteiger charge is 2.25. The van der Waals surface area contributed by atoms with Gasteiger partial charge in [-0.2, -0.15) is 0 Å². The third-order valence-electron chi connectivity index (χ3n) is 3.31. The van der Waals surface area contributed by atoms with Gasteiger partial charge in [-0.1, -0.05) is 0 Å². The monoisotopic (exact) mass is 259 g/mol. The van der Waals surface area contributed by atoms with E-state index in [1.54, 1.807) is 6.07 Å². The lowest BCUT2D eigenvalue weighted by atomic mass is 10.00. The van der Waals surface area contributed by atoms with Crippen molar-refractivity contribution in [3.8, 4) is 0 Å². The van der Waals surface area contributed by atoms with Gasteiger partial charge < -0.3 is 9.30 Å². The number of carbonyl (C=O) groups is 2. The Balaban J connectivity index is 2.45. The molecule has 0 aliphatic rings. The number of rotatable bonds is 4. The molecular weight excluding hydrogens is 242 g/mol. The molecule has 1 heterocycles. The topological polar surface area (TPSA) is 48.3 Å². The Kier molecular flexibility index (Phi) is 3.42. The summed E-state index contributed by atoms with van der Waals surface area (Å²) in [5.74, 6) is -0.239. The summed E-state index contributed by atoms with van der Waals surface area (Å²) in [5, 5.41) is 0.988. The molecule has 100 valence electrons. The van der Waals surface area contributed by atoms with Gasteiger partial charge in [-0.05, 0) is 38.1 Å². The highest BCUT2D eigenvalue weighted by molar-refractivity contribution is 5.87. The molecule has 1 aromatic heterocycles. The Morgan fingerprint density at radius 1 is 1.37 bits per heavy atom. The Bertz CT molecular complexity index is 625. The average molecular weight is 259 g/mol. The van der Waals surface area contributed by atoms with Crippen LogP contribution >= 0.6 is 0 Å². The summed E-state index contributed by atoms with van der Waals surface area (Å²) in [7, 11) is 1.39. The zero-order valence-electron chi connectivity index (χ0n) is 11.3. The average Bonchev–Trinajstić information content (AvgIpc) is 2.81. The second kappa shape index (κ2) is 4.88. The lowest BCUT2D eigenvalue weighted by molar-refractivity contribution is -0.142. The first kappa shape index (κ1) is 13.3. The Labute approximate surface area is 112 Å². The van der Waals surface area contributed by atoms with Gasteiger partial charge in [0.15, 0.2) is 0 Å². The van der Waals surface area contributed by atoms with Gasteiger partial charge in [-0.25, -0.2) is 0 Å². The molecule has 0 fully saturated rings. The van der Waals surface area contributed by atoms with Gasteiger partial charge in [0.25, 0.3) is 0 Å². The van der Waals surface area contributed by atoms with Crippen LogP contribution in [0.1, 0.15) is 30.6 Å². The molecule has 0 unspecified atom stereocenters. The van der Waals surface area contributed by atoms with E-state index in [0.29, 0.717) is 12.0 Å². The summed E-state index contributed by atoms with van der Waals surface area (Å²) in [6.45, 7) is 3.97. The van der Waals surface area contributed by atoms with Crippen molar-refractivity contribution in [1.29, 1.82) is 0 Å². The van der Waals surface area contributed by atoms with Crippen molar-refractivity contribution >= 4 is 23.2 Å². The number of nitrogens with zero attached hydrogens (tertiary/aromatic N) is 1. The molecule has 0 bridgehead atoms. The standard InChI is InChI=1S/C15H17NO3/c1-15(2,9-14(18)19-3)16-7-6-12-8-11(10-17)4-5-13(12)16/h4-8,10H,9H2,1-3H3. The van der Waals surface area contributed by atoms with Crippen molar-refractivity contribution in [2.45, 2.75) is 25.8 Å². The van der Waals surface area contributed by atoms with Crippen molar-refractivity contribution in [3.05, 3.63) is 36.0 Å². The number of esters is 1. The number of methoxy groups -OCH3 is 1. The molecule has 0 atom stereocenters. The highest BCUT2D eigenvalue weighted by Crippen LogP contribution is 2.27. The maximum Gasteiger partial charge on any atom is 0.307 e. The third-order valence-corrected chi connectivity index (χ3v) is 3.31. The summed E-state index contributed by atoms with van der Waals surface area (Å²) in [4.78, 5) is 22.2. The maximum absolute atomic E-state index is 11.5. The normalized spacial score (nSPS) is 11.5. The summed E-state index contributed by atoms with van der Waals surface area (Å²) >= 11 is 0. The molecule has 4 heteroatoms. The van der Waals surface area contributed by atoms with E-state index in [-0.39, 0.29) is 11.5 Å². The minimum Gasteiger partial charge on any atom is -0.469 e. The lowest BCUT2D eigenvalue weighted by Crippen LogP contribution is -2.29. The van der Waals surface area contributed by atoms with Gasteiger partial charge in [-0.3, -0.25) is 9.59 Å². The molecule has 2 aromatic rings. The third kappa shape index (κ3) is 2.52. The summed E-state index contributed by atoms with van der Waals surface area (Å²) in [6.07, 6.45) is 3.06. The van der Waals surface area contributed by atoms with E-state index in [2.05, 4.69) is 0 Å². The van der Waals surface area contributed by atoms with E-state index in [0.717, 1.165) is 17.2 Å². The minimum atomic E-state index is -0.377. The largest absolute Gasteiger partial charge is 0.469 e. The number of aromatic nitrogens is 1. The molecule has 0 radical (unpaired) electrons. The van der Waals surface area contributed by atoms with Gasteiger partial charge >= 0.3 is 5.97 Å². The maximum atomic E-state index is 11.5. The van der Waals surface area contributed by atoms with E-state index >= 15 is 0 Å². The zero-order chi connectivity index (χ0) is 14.0. The highest BCUT2D eigenvalue weighted by atomic mass is 16.5.